The van der Waals surface area contributed by atoms with Crippen LogP contribution in [0.5, 0.6) is 0 Å². The van der Waals surface area contributed by atoms with E-state index in [1.54, 1.807) is 12.1 Å². The summed E-state index contributed by atoms with van der Waals surface area (Å²) in [4.78, 5) is 12.5. The van der Waals surface area contributed by atoms with Gasteiger partial charge in [-0.2, -0.15) is 0 Å². The standard InChI is InChI=1S/C20H21F2NO/c21-16-10-11-19(18(22)13-16)23-20(24)17-9-5-4-8-15(17)12-14-6-2-1-3-7-14/h4-5,8-11,13-14H,1-3,6-7,12H2,(H,23,24). The number of hydrogen-bond donors (Lipinski definition) is 1. The fraction of sp³-hybridized carbons (Fsp3) is 0.350. The van der Waals surface area contributed by atoms with Crippen LogP contribution >= 0.6 is 0 Å². The van der Waals surface area contributed by atoms with Gasteiger partial charge in [0, 0.05) is 11.6 Å². The van der Waals surface area contributed by atoms with Gasteiger partial charge in [0.25, 0.3) is 5.91 Å². The average molecular weight is 329 g/mol. The summed E-state index contributed by atoms with van der Waals surface area (Å²) < 4.78 is 26.7. The first kappa shape index (κ1) is 16.6. The zero-order valence-corrected chi connectivity index (χ0v) is 13.5. The van der Waals surface area contributed by atoms with Crippen LogP contribution in [0.15, 0.2) is 42.5 Å². The van der Waals surface area contributed by atoms with E-state index in [9.17, 15) is 13.6 Å². The van der Waals surface area contributed by atoms with Crippen LogP contribution in [-0.4, -0.2) is 5.91 Å². The molecule has 0 radical (unpaired) electrons. The minimum Gasteiger partial charge on any atom is -0.319 e. The highest BCUT2D eigenvalue weighted by Crippen LogP contribution is 2.28. The topological polar surface area (TPSA) is 29.1 Å². The Morgan fingerprint density at radius 1 is 1.04 bits per heavy atom. The molecular formula is C20H21F2NO. The van der Waals surface area contributed by atoms with E-state index in [0.717, 1.165) is 24.1 Å². The van der Waals surface area contributed by atoms with Crippen molar-refractivity contribution in [2.45, 2.75) is 38.5 Å². The number of halogens is 2. The van der Waals surface area contributed by atoms with E-state index in [1.165, 1.54) is 38.2 Å². The Bertz CT molecular complexity index is 723. The van der Waals surface area contributed by atoms with E-state index in [-0.39, 0.29) is 11.6 Å². The number of hydrogen-bond acceptors (Lipinski definition) is 1. The van der Waals surface area contributed by atoms with E-state index in [1.807, 2.05) is 12.1 Å². The van der Waals surface area contributed by atoms with Crippen molar-refractivity contribution in [2.75, 3.05) is 5.32 Å². The SMILES string of the molecule is O=C(Nc1ccc(F)cc1F)c1ccccc1CC1CCCCC1. The number of carbonyl (C=O) groups excluding carboxylic acids is 1. The van der Waals surface area contributed by atoms with Gasteiger partial charge in [0.15, 0.2) is 0 Å². The van der Waals surface area contributed by atoms with E-state index < -0.39 is 11.6 Å². The third-order valence-electron chi connectivity index (χ3n) is 4.67. The molecule has 3 rings (SSSR count). The lowest BCUT2D eigenvalue weighted by Gasteiger charge is -2.22. The summed E-state index contributed by atoms with van der Waals surface area (Å²) in [5.74, 6) is -1.18. The summed E-state index contributed by atoms with van der Waals surface area (Å²) in [5, 5.41) is 2.55. The minimum absolute atomic E-state index is 0.00568. The normalized spacial score (nSPS) is 15.2. The second-order valence-electron chi connectivity index (χ2n) is 6.44. The quantitative estimate of drug-likeness (QED) is 0.806. The van der Waals surface area contributed by atoms with E-state index in [2.05, 4.69) is 5.32 Å². The van der Waals surface area contributed by atoms with Crippen molar-refractivity contribution >= 4 is 11.6 Å². The Morgan fingerprint density at radius 2 is 1.79 bits per heavy atom. The van der Waals surface area contributed by atoms with Crippen molar-refractivity contribution in [1.82, 2.24) is 0 Å². The van der Waals surface area contributed by atoms with Crippen LogP contribution in [0.3, 0.4) is 0 Å². The monoisotopic (exact) mass is 329 g/mol. The molecule has 0 heterocycles. The largest absolute Gasteiger partial charge is 0.319 e. The van der Waals surface area contributed by atoms with Crippen LogP contribution in [0, 0.1) is 17.6 Å². The van der Waals surface area contributed by atoms with Gasteiger partial charge >= 0.3 is 0 Å². The molecule has 0 unspecified atom stereocenters. The van der Waals surface area contributed by atoms with Crippen LogP contribution in [-0.2, 0) is 6.42 Å². The van der Waals surface area contributed by atoms with Gasteiger partial charge in [-0.3, -0.25) is 4.79 Å². The molecule has 2 nitrogen and oxygen atoms in total. The highest BCUT2D eigenvalue weighted by Gasteiger charge is 2.18. The summed E-state index contributed by atoms with van der Waals surface area (Å²) in [6, 6.07) is 10.6. The van der Waals surface area contributed by atoms with Gasteiger partial charge in [0.2, 0.25) is 0 Å². The third-order valence-corrected chi connectivity index (χ3v) is 4.67. The minimum atomic E-state index is -0.770. The van der Waals surface area contributed by atoms with Gasteiger partial charge in [-0.15, -0.1) is 0 Å². The molecule has 0 saturated heterocycles. The molecule has 1 N–H and O–H groups in total. The van der Waals surface area contributed by atoms with E-state index in [0.29, 0.717) is 11.5 Å². The molecule has 1 fully saturated rings. The molecule has 1 saturated carbocycles. The zero-order chi connectivity index (χ0) is 16.9. The molecule has 126 valence electrons. The first-order valence-electron chi connectivity index (χ1n) is 8.48. The molecule has 2 aromatic rings. The summed E-state index contributed by atoms with van der Waals surface area (Å²) >= 11 is 0. The summed E-state index contributed by atoms with van der Waals surface area (Å²) in [7, 11) is 0. The first-order valence-corrected chi connectivity index (χ1v) is 8.48. The second kappa shape index (κ2) is 7.56. The highest BCUT2D eigenvalue weighted by molar-refractivity contribution is 6.05. The summed E-state index contributed by atoms with van der Waals surface area (Å²) in [6.45, 7) is 0. The van der Waals surface area contributed by atoms with Crippen molar-refractivity contribution in [2.24, 2.45) is 5.92 Å². The predicted molar refractivity (Wildman–Crippen MR) is 91.0 cm³/mol. The van der Waals surface area contributed by atoms with Crippen molar-refractivity contribution in [3.05, 3.63) is 65.2 Å². The lowest BCUT2D eigenvalue weighted by Crippen LogP contribution is -2.17. The molecule has 24 heavy (non-hydrogen) atoms. The van der Waals surface area contributed by atoms with Crippen molar-refractivity contribution in [3.63, 3.8) is 0 Å². The Labute approximate surface area is 140 Å². The molecule has 1 amide bonds. The Hall–Kier alpha value is -2.23. The van der Waals surface area contributed by atoms with E-state index in [4.69, 9.17) is 0 Å². The van der Waals surface area contributed by atoms with Gasteiger partial charge in [-0.25, -0.2) is 8.78 Å². The molecule has 0 aliphatic heterocycles. The van der Waals surface area contributed by atoms with Gasteiger partial charge in [0.1, 0.15) is 11.6 Å². The number of benzene rings is 2. The van der Waals surface area contributed by atoms with E-state index >= 15 is 0 Å². The molecule has 0 spiro atoms. The van der Waals surface area contributed by atoms with Crippen LogP contribution in [0.25, 0.3) is 0 Å². The molecular weight excluding hydrogens is 308 g/mol. The Morgan fingerprint density at radius 3 is 2.54 bits per heavy atom. The predicted octanol–water partition coefficient (Wildman–Crippen LogP) is 5.34. The molecule has 1 aliphatic carbocycles. The molecule has 0 atom stereocenters. The molecule has 0 aromatic heterocycles. The van der Waals surface area contributed by atoms with Gasteiger partial charge in [-0.1, -0.05) is 50.3 Å². The average Bonchev–Trinajstić information content (AvgIpc) is 2.59. The number of nitrogens with one attached hydrogen (secondary N) is 1. The Balaban J connectivity index is 1.76. The Kier molecular flexibility index (Phi) is 5.24. The highest BCUT2D eigenvalue weighted by atomic mass is 19.1. The number of anilines is 1. The first-order chi connectivity index (χ1) is 11.6. The van der Waals surface area contributed by atoms with Crippen molar-refractivity contribution < 1.29 is 13.6 Å². The molecule has 2 aromatic carbocycles. The van der Waals surface area contributed by atoms with Crippen LogP contribution < -0.4 is 5.32 Å². The maximum Gasteiger partial charge on any atom is 0.256 e. The fourth-order valence-corrected chi connectivity index (χ4v) is 3.40. The number of carbonyl (C=O) groups is 1. The van der Waals surface area contributed by atoms with Crippen LogP contribution in [0.1, 0.15) is 48.0 Å². The van der Waals surface area contributed by atoms with Gasteiger partial charge < -0.3 is 5.32 Å². The lowest BCUT2D eigenvalue weighted by molar-refractivity contribution is 0.102. The smallest absolute Gasteiger partial charge is 0.256 e. The molecule has 1 aliphatic rings. The number of rotatable bonds is 4. The van der Waals surface area contributed by atoms with Gasteiger partial charge in [0.05, 0.1) is 5.69 Å². The summed E-state index contributed by atoms with van der Waals surface area (Å²) in [5.41, 5.74) is 1.55. The third kappa shape index (κ3) is 3.99. The van der Waals surface area contributed by atoms with Crippen LogP contribution in [0.2, 0.25) is 0 Å². The maximum atomic E-state index is 13.7. The van der Waals surface area contributed by atoms with Crippen molar-refractivity contribution in [1.29, 1.82) is 0 Å². The molecule has 4 heteroatoms. The zero-order valence-electron chi connectivity index (χ0n) is 13.5. The fourth-order valence-electron chi connectivity index (χ4n) is 3.40. The molecule has 0 bridgehead atoms. The summed E-state index contributed by atoms with van der Waals surface area (Å²) in [6.07, 6.45) is 7.06. The van der Waals surface area contributed by atoms with Crippen LogP contribution in [0.4, 0.5) is 14.5 Å². The number of amides is 1. The maximum absolute atomic E-state index is 13.7. The van der Waals surface area contributed by atoms with Crippen molar-refractivity contribution in [3.8, 4) is 0 Å². The van der Waals surface area contributed by atoms with Gasteiger partial charge in [-0.05, 0) is 36.1 Å². The lowest BCUT2D eigenvalue weighted by atomic mass is 9.84. The second-order valence-corrected chi connectivity index (χ2v) is 6.44.